The van der Waals surface area contributed by atoms with Crippen LogP contribution in [-0.4, -0.2) is 51.0 Å². The standard InChI is InChI=1S/C21H16N8S2/c1-2-6-15(7-3-1)29-19-17(10-25-29)20(24-13-23-19)30-11-16-12-31-21-27-26-18(28(16)21)14-5-4-8-22-9-14/h1-10,13,16H,11-12H2. The van der Waals surface area contributed by atoms with Gasteiger partial charge in [-0.3, -0.25) is 9.55 Å². The van der Waals surface area contributed by atoms with Crippen LogP contribution in [0.4, 0.5) is 0 Å². The van der Waals surface area contributed by atoms with Crippen molar-refractivity contribution < 1.29 is 0 Å². The van der Waals surface area contributed by atoms with Gasteiger partial charge in [0.2, 0.25) is 0 Å². The summed E-state index contributed by atoms with van der Waals surface area (Å²) >= 11 is 3.45. The van der Waals surface area contributed by atoms with Gasteiger partial charge in [-0.05, 0) is 24.3 Å². The van der Waals surface area contributed by atoms with E-state index in [0.717, 1.165) is 49.8 Å². The van der Waals surface area contributed by atoms with E-state index in [-0.39, 0.29) is 6.04 Å². The Hall–Kier alpha value is -3.24. The second kappa shape index (κ2) is 7.78. The van der Waals surface area contributed by atoms with E-state index in [1.165, 1.54) is 0 Å². The number of thioether (sulfide) groups is 2. The lowest BCUT2D eigenvalue weighted by Gasteiger charge is -2.14. The molecular formula is C21H16N8S2. The highest BCUT2D eigenvalue weighted by Crippen LogP contribution is 2.39. The molecular weight excluding hydrogens is 428 g/mol. The normalized spacial score (nSPS) is 15.4. The van der Waals surface area contributed by atoms with Crippen LogP contribution in [0.1, 0.15) is 6.04 Å². The van der Waals surface area contributed by atoms with E-state index in [2.05, 4.69) is 34.8 Å². The second-order valence-corrected chi connectivity index (χ2v) is 9.00. The SMILES string of the molecule is c1ccc(-n2ncc3c(SCC4CSc5nnc(-c6cccnc6)n54)ncnc32)cc1. The molecule has 1 aliphatic rings. The van der Waals surface area contributed by atoms with Gasteiger partial charge in [0.05, 0.1) is 23.3 Å². The molecule has 31 heavy (non-hydrogen) atoms. The minimum atomic E-state index is 0.268. The maximum absolute atomic E-state index is 4.55. The van der Waals surface area contributed by atoms with Crippen molar-refractivity contribution in [1.29, 1.82) is 0 Å². The minimum Gasteiger partial charge on any atom is -0.297 e. The fourth-order valence-corrected chi connectivity index (χ4v) is 5.90. The first kappa shape index (κ1) is 18.5. The van der Waals surface area contributed by atoms with Gasteiger partial charge in [0, 0.05) is 29.5 Å². The summed E-state index contributed by atoms with van der Waals surface area (Å²) in [6.07, 6.45) is 7.05. The summed E-state index contributed by atoms with van der Waals surface area (Å²) in [6, 6.07) is 14.2. The monoisotopic (exact) mass is 444 g/mol. The molecule has 0 fully saturated rings. The van der Waals surface area contributed by atoms with E-state index in [1.54, 1.807) is 36.0 Å². The Morgan fingerprint density at radius 2 is 1.97 bits per heavy atom. The molecule has 0 saturated carbocycles. The summed E-state index contributed by atoms with van der Waals surface area (Å²) in [4.78, 5) is 13.2. The first-order chi connectivity index (χ1) is 15.4. The second-order valence-electron chi connectivity index (χ2n) is 7.00. The number of hydrogen-bond acceptors (Lipinski definition) is 8. The highest BCUT2D eigenvalue weighted by atomic mass is 32.2. The van der Waals surface area contributed by atoms with Crippen molar-refractivity contribution in [1.82, 2.24) is 39.5 Å². The first-order valence-electron chi connectivity index (χ1n) is 9.73. The number of nitrogens with zero attached hydrogens (tertiary/aromatic N) is 8. The zero-order chi connectivity index (χ0) is 20.6. The van der Waals surface area contributed by atoms with Crippen LogP contribution in [0.5, 0.6) is 0 Å². The number of pyridine rings is 1. The fraction of sp³-hybridized carbons (Fsp3) is 0.143. The van der Waals surface area contributed by atoms with Crippen LogP contribution in [0, 0.1) is 0 Å². The number of para-hydroxylation sites is 1. The molecule has 1 unspecified atom stereocenters. The summed E-state index contributed by atoms with van der Waals surface area (Å²) in [5, 5.41) is 16.2. The number of hydrogen-bond donors (Lipinski definition) is 0. The molecule has 0 saturated heterocycles. The van der Waals surface area contributed by atoms with E-state index < -0.39 is 0 Å². The molecule has 1 atom stereocenters. The van der Waals surface area contributed by atoms with E-state index in [0.29, 0.717) is 0 Å². The zero-order valence-electron chi connectivity index (χ0n) is 16.2. The Morgan fingerprint density at radius 1 is 1.03 bits per heavy atom. The lowest BCUT2D eigenvalue weighted by Crippen LogP contribution is -2.11. The Morgan fingerprint density at radius 3 is 2.84 bits per heavy atom. The molecule has 0 N–H and O–H groups in total. The van der Waals surface area contributed by atoms with E-state index >= 15 is 0 Å². The van der Waals surface area contributed by atoms with Gasteiger partial charge in [-0.25, -0.2) is 14.6 Å². The van der Waals surface area contributed by atoms with Gasteiger partial charge >= 0.3 is 0 Å². The van der Waals surface area contributed by atoms with E-state index in [1.807, 2.05) is 59.5 Å². The number of aromatic nitrogens is 8. The van der Waals surface area contributed by atoms with Gasteiger partial charge in [-0.15, -0.1) is 22.0 Å². The van der Waals surface area contributed by atoms with Gasteiger partial charge in [-0.2, -0.15) is 5.10 Å². The average Bonchev–Trinajstić information content (AvgIpc) is 3.54. The lowest BCUT2D eigenvalue weighted by molar-refractivity contribution is 0.597. The molecule has 0 spiro atoms. The minimum absolute atomic E-state index is 0.268. The van der Waals surface area contributed by atoms with Crippen molar-refractivity contribution in [2.45, 2.75) is 16.2 Å². The molecule has 1 aliphatic heterocycles. The number of fused-ring (bicyclic) bond motifs is 2. The van der Waals surface area contributed by atoms with Gasteiger partial charge in [0.1, 0.15) is 11.4 Å². The molecule has 0 radical (unpaired) electrons. The van der Waals surface area contributed by atoms with Crippen LogP contribution >= 0.6 is 23.5 Å². The number of benzene rings is 1. The largest absolute Gasteiger partial charge is 0.297 e. The summed E-state index contributed by atoms with van der Waals surface area (Å²) in [6.45, 7) is 0. The Bertz CT molecular complexity index is 1350. The quantitative estimate of drug-likeness (QED) is 0.298. The highest BCUT2D eigenvalue weighted by molar-refractivity contribution is 8.00. The highest BCUT2D eigenvalue weighted by Gasteiger charge is 2.29. The third-order valence-electron chi connectivity index (χ3n) is 5.10. The van der Waals surface area contributed by atoms with Crippen LogP contribution < -0.4 is 0 Å². The summed E-state index contributed by atoms with van der Waals surface area (Å²) in [7, 11) is 0. The average molecular weight is 445 g/mol. The van der Waals surface area contributed by atoms with Crippen molar-refractivity contribution in [3.05, 3.63) is 67.4 Å². The summed E-state index contributed by atoms with van der Waals surface area (Å²) < 4.78 is 4.07. The Labute approximate surface area is 186 Å². The molecule has 8 nitrogen and oxygen atoms in total. The van der Waals surface area contributed by atoms with Gasteiger partial charge in [0.15, 0.2) is 16.6 Å². The molecule has 0 amide bonds. The first-order valence-corrected chi connectivity index (χ1v) is 11.7. The molecule has 0 bridgehead atoms. The van der Waals surface area contributed by atoms with Gasteiger partial charge in [0.25, 0.3) is 0 Å². The van der Waals surface area contributed by atoms with Crippen LogP contribution in [0.25, 0.3) is 28.1 Å². The lowest BCUT2D eigenvalue weighted by atomic mass is 10.2. The predicted molar refractivity (Wildman–Crippen MR) is 120 cm³/mol. The third-order valence-corrected chi connectivity index (χ3v) is 7.33. The van der Waals surface area contributed by atoms with Crippen LogP contribution in [-0.2, 0) is 0 Å². The summed E-state index contributed by atoms with van der Waals surface area (Å²) in [5.41, 5.74) is 2.77. The van der Waals surface area contributed by atoms with Gasteiger partial charge < -0.3 is 0 Å². The van der Waals surface area contributed by atoms with Crippen molar-refractivity contribution >= 4 is 34.6 Å². The van der Waals surface area contributed by atoms with Crippen molar-refractivity contribution in [2.24, 2.45) is 0 Å². The fourth-order valence-electron chi connectivity index (χ4n) is 3.64. The maximum atomic E-state index is 4.55. The molecule has 152 valence electrons. The molecule has 6 rings (SSSR count). The topological polar surface area (TPSA) is 87.2 Å². The number of rotatable bonds is 5. The third kappa shape index (κ3) is 3.28. The van der Waals surface area contributed by atoms with Gasteiger partial charge in [-0.1, -0.05) is 30.0 Å². The smallest absolute Gasteiger partial charge is 0.191 e. The molecule has 10 heteroatoms. The molecule has 0 aliphatic carbocycles. The molecule has 1 aromatic carbocycles. The predicted octanol–water partition coefficient (Wildman–Crippen LogP) is 3.91. The van der Waals surface area contributed by atoms with Crippen LogP contribution in [0.15, 0.2) is 77.6 Å². The molecule has 4 aromatic heterocycles. The molecule has 5 aromatic rings. The zero-order valence-corrected chi connectivity index (χ0v) is 17.9. The van der Waals surface area contributed by atoms with Crippen molar-refractivity contribution in [3.8, 4) is 17.1 Å². The van der Waals surface area contributed by atoms with E-state index in [4.69, 9.17) is 0 Å². The maximum Gasteiger partial charge on any atom is 0.191 e. The van der Waals surface area contributed by atoms with Crippen molar-refractivity contribution in [3.63, 3.8) is 0 Å². The molecule has 5 heterocycles. The Balaban J connectivity index is 1.29. The van der Waals surface area contributed by atoms with Crippen LogP contribution in [0.3, 0.4) is 0 Å². The van der Waals surface area contributed by atoms with Crippen LogP contribution in [0.2, 0.25) is 0 Å². The Kier molecular flexibility index (Phi) is 4.65. The van der Waals surface area contributed by atoms with Crippen molar-refractivity contribution in [2.75, 3.05) is 11.5 Å². The van der Waals surface area contributed by atoms with E-state index in [9.17, 15) is 0 Å². The summed E-state index contributed by atoms with van der Waals surface area (Å²) in [5.74, 6) is 2.68.